The SMILES string of the molecule is COc1ccc(Cl)cc1N(CC(=O)Nc1ccc(Cl)cc1C(F)(F)F)S(=O)(=O)c1ccccc1. The summed E-state index contributed by atoms with van der Waals surface area (Å²) < 4.78 is 73.0. The summed E-state index contributed by atoms with van der Waals surface area (Å²) in [6.45, 7) is -0.867. The van der Waals surface area contributed by atoms with Gasteiger partial charge in [0.1, 0.15) is 12.3 Å². The van der Waals surface area contributed by atoms with Gasteiger partial charge in [-0.05, 0) is 48.5 Å². The number of methoxy groups -OCH3 is 1. The van der Waals surface area contributed by atoms with Crippen molar-refractivity contribution in [3.63, 3.8) is 0 Å². The number of sulfonamides is 1. The largest absolute Gasteiger partial charge is 0.495 e. The molecule has 180 valence electrons. The smallest absolute Gasteiger partial charge is 0.418 e. The van der Waals surface area contributed by atoms with Crippen LogP contribution in [0.4, 0.5) is 24.5 Å². The Kier molecular flexibility index (Phi) is 7.64. The van der Waals surface area contributed by atoms with Crippen molar-refractivity contribution in [2.75, 3.05) is 23.3 Å². The molecule has 0 atom stereocenters. The Morgan fingerprint density at radius 2 is 1.62 bits per heavy atom. The average molecular weight is 533 g/mol. The minimum absolute atomic E-state index is 0.0684. The van der Waals surface area contributed by atoms with Gasteiger partial charge in [-0.1, -0.05) is 41.4 Å². The van der Waals surface area contributed by atoms with Crippen molar-refractivity contribution in [2.24, 2.45) is 0 Å². The van der Waals surface area contributed by atoms with Crippen LogP contribution < -0.4 is 14.4 Å². The summed E-state index contributed by atoms with van der Waals surface area (Å²) in [5.74, 6) is -0.950. The zero-order chi connectivity index (χ0) is 25.1. The zero-order valence-corrected chi connectivity index (χ0v) is 19.8. The molecule has 0 spiro atoms. The Morgan fingerprint density at radius 3 is 2.24 bits per heavy atom. The number of anilines is 2. The van der Waals surface area contributed by atoms with E-state index in [9.17, 15) is 26.4 Å². The molecule has 34 heavy (non-hydrogen) atoms. The third-order valence-electron chi connectivity index (χ3n) is 4.59. The first-order valence-corrected chi connectivity index (χ1v) is 11.7. The van der Waals surface area contributed by atoms with E-state index in [2.05, 4.69) is 5.32 Å². The van der Waals surface area contributed by atoms with E-state index < -0.39 is 39.9 Å². The van der Waals surface area contributed by atoms with E-state index in [1.807, 2.05) is 0 Å². The summed E-state index contributed by atoms with van der Waals surface area (Å²) in [4.78, 5) is 12.7. The number of amides is 1. The lowest BCUT2D eigenvalue weighted by molar-refractivity contribution is -0.137. The maximum atomic E-state index is 13.4. The van der Waals surface area contributed by atoms with Crippen LogP contribution in [0.2, 0.25) is 10.0 Å². The van der Waals surface area contributed by atoms with E-state index in [1.165, 1.54) is 55.6 Å². The molecule has 0 aliphatic heterocycles. The Bertz CT molecular complexity index is 1300. The molecule has 3 aromatic rings. The summed E-state index contributed by atoms with van der Waals surface area (Å²) >= 11 is 11.7. The number of ether oxygens (including phenoxy) is 1. The second kappa shape index (κ2) is 10.1. The van der Waals surface area contributed by atoms with Gasteiger partial charge in [-0.3, -0.25) is 9.10 Å². The minimum Gasteiger partial charge on any atom is -0.495 e. The molecule has 3 rings (SSSR count). The third-order valence-corrected chi connectivity index (χ3v) is 6.83. The van der Waals surface area contributed by atoms with Crippen LogP contribution in [0, 0.1) is 0 Å². The number of nitrogens with one attached hydrogen (secondary N) is 1. The fourth-order valence-electron chi connectivity index (χ4n) is 3.06. The van der Waals surface area contributed by atoms with Crippen molar-refractivity contribution in [2.45, 2.75) is 11.1 Å². The molecule has 0 unspecified atom stereocenters. The molecule has 3 aromatic carbocycles. The van der Waals surface area contributed by atoms with Gasteiger partial charge in [0.15, 0.2) is 0 Å². The monoisotopic (exact) mass is 532 g/mol. The average Bonchev–Trinajstić information content (AvgIpc) is 2.78. The normalized spacial score (nSPS) is 11.7. The second-order valence-corrected chi connectivity index (χ2v) is 9.61. The molecule has 0 saturated carbocycles. The number of halogens is 5. The highest BCUT2D eigenvalue weighted by Gasteiger charge is 2.35. The highest BCUT2D eigenvalue weighted by Crippen LogP contribution is 2.37. The molecule has 0 radical (unpaired) electrons. The van der Waals surface area contributed by atoms with E-state index in [4.69, 9.17) is 27.9 Å². The van der Waals surface area contributed by atoms with Gasteiger partial charge in [0.25, 0.3) is 10.0 Å². The van der Waals surface area contributed by atoms with Crippen molar-refractivity contribution in [1.29, 1.82) is 0 Å². The van der Waals surface area contributed by atoms with Crippen LogP contribution in [-0.2, 0) is 21.0 Å². The van der Waals surface area contributed by atoms with Crippen LogP contribution >= 0.6 is 23.2 Å². The third kappa shape index (κ3) is 5.75. The molecular formula is C22H17Cl2F3N2O4S. The van der Waals surface area contributed by atoms with Gasteiger partial charge in [0.05, 0.1) is 28.9 Å². The van der Waals surface area contributed by atoms with Crippen molar-refractivity contribution in [1.82, 2.24) is 0 Å². The molecule has 0 heterocycles. The number of nitrogens with zero attached hydrogens (tertiary/aromatic N) is 1. The molecule has 1 N–H and O–H groups in total. The number of rotatable bonds is 7. The van der Waals surface area contributed by atoms with Gasteiger partial charge in [0.2, 0.25) is 5.91 Å². The molecule has 0 bridgehead atoms. The Labute approximate surface area is 203 Å². The predicted molar refractivity (Wildman–Crippen MR) is 124 cm³/mol. The van der Waals surface area contributed by atoms with Gasteiger partial charge in [-0.25, -0.2) is 8.42 Å². The highest BCUT2D eigenvalue weighted by atomic mass is 35.5. The number of benzene rings is 3. The lowest BCUT2D eigenvalue weighted by Crippen LogP contribution is -2.38. The first-order chi connectivity index (χ1) is 15.9. The molecule has 0 aliphatic rings. The second-order valence-electron chi connectivity index (χ2n) is 6.88. The number of carbonyl (C=O) groups is 1. The topological polar surface area (TPSA) is 75.7 Å². The van der Waals surface area contributed by atoms with Gasteiger partial charge in [-0.2, -0.15) is 13.2 Å². The summed E-state index contributed by atoms with van der Waals surface area (Å²) in [5, 5.41) is 2.10. The molecule has 0 saturated heterocycles. The van der Waals surface area contributed by atoms with Crippen LogP contribution in [0.15, 0.2) is 71.6 Å². The van der Waals surface area contributed by atoms with Crippen LogP contribution in [0.25, 0.3) is 0 Å². The molecule has 6 nitrogen and oxygen atoms in total. The Morgan fingerprint density at radius 1 is 1.00 bits per heavy atom. The van der Waals surface area contributed by atoms with Crippen LogP contribution in [-0.4, -0.2) is 28.0 Å². The van der Waals surface area contributed by atoms with Gasteiger partial charge in [0, 0.05) is 10.0 Å². The molecule has 1 amide bonds. The van der Waals surface area contributed by atoms with Gasteiger partial charge < -0.3 is 10.1 Å². The lowest BCUT2D eigenvalue weighted by atomic mass is 10.1. The van der Waals surface area contributed by atoms with Crippen molar-refractivity contribution in [3.05, 3.63) is 82.3 Å². The maximum absolute atomic E-state index is 13.4. The number of alkyl halides is 3. The van der Waals surface area contributed by atoms with E-state index in [0.29, 0.717) is 10.4 Å². The fraction of sp³-hybridized carbons (Fsp3) is 0.136. The van der Waals surface area contributed by atoms with E-state index in [-0.39, 0.29) is 26.4 Å². The van der Waals surface area contributed by atoms with E-state index >= 15 is 0 Å². The summed E-state index contributed by atoms with van der Waals surface area (Å²) in [6.07, 6.45) is -4.81. The van der Waals surface area contributed by atoms with E-state index in [1.54, 1.807) is 6.07 Å². The fourth-order valence-corrected chi connectivity index (χ4v) is 4.84. The van der Waals surface area contributed by atoms with Gasteiger partial charge in [-0.15, -0.1) is 0 Å². The van der Waals surface area contributed by atoms with Crippen molar-refractivity contribution in [3.8, 4) is 5.75 Å². The maximum Gasteiger partial charge on any atom is 0.418 e. The number of carbonyl (C=O) groups excluding carboxylic acids is 1. The summed E-state index contributed by atoms with van der Waals surface area (Å²) in [6, 6.07) is 14.2. The van der Waals surface area contributed by atoms with E-state index in [0.717, 1.165) is 6.07 Å². The first kappa shape index (κ1) is 25.7. The van der Waals surface area contributed by atoms with Crippen molar-refractivity contribution < 1.29 is 31.1 Å². The number of hydrogen-bond acceptors (Lipinski definition) is 4. The highest BCUT2D eigenvalue weighted by molar-refractivity contribution is 7.92. The summed E-state index contributed by atoms with van der Waals surface area (Å²) in [5.41, 5.74) is -1.82. The minimum atomic E-state index is -4.81. The summed E-state index contributed by atoms with van der Waals surface area (Å²) in [7, 11) is -3.05. The van der Waals surface area contributed by atoms with Crippen molar-refractivity contribution >= 4 is 50.5 Å². The molecule has 0 aliphatic carbocycles. The quantitative estimate of drug-likeness (QED) is 0.413. The molecule has 0 fully saturated rings. The Balaban J connectivity index is 2.05. The van der Waals surface area contributed by atoms with Gasteiger partial charge >= 0.3 is 6.18 Å². The van der Waals surface area contributed by atoms with Crippen LogP contribution in [0.3, 0.4) is 0 Å². The lowest BCUT2D eigenvalue weighted by Gasteiger charge is -2.26. The first-order valence-electron chi connectivity index (χ1n) is 9.51. The Hall–Kier alpha value is -2.95. The predicted octanol–water partition coefficient (Wildman–Crippen LogP) is 5.85. The zero-order valence-electron chi connectivity index (χ0n) is 17.4. The van der Waals surface area contributed by atoms with Crippen LogP contribution in [0.1, 0.15) is 5.56 Å². The molecule has 12 heteroatoms. The standard InChI is InChI=1S/C22H17Cl2F3N2O4S/c1-33-20-10-8-15(24)12-19(20)29(34(31,32)16-5-3-2-4-6-16)13-21(30)28-18-9-7-14(23)11-17(18)22(25,26)27/h2-12H,13H2,1H3,(H,28,30). The molecular weight excluding hydrogens is 516 g/mol. The molecule has 0 aromatic heterocycles. The van der Waals surface area contributed by atoms with Crippen LogP contribution in [0.5, 0.6) is 5.75 Å². The number of hydrogen-bond donors (Lipinski definition) is 1.